The molecule has 0 aliphatic carbocycles. The molecule has 3 amide bonds. The van der Waals surface area contributed by atoms with Gasteiger partial charge in [0, 0.05) is 7.11 Å². The number of urea groups is 1. The molecular weight excluding hydrogens is 268 g/mol. The molecule has 0 bridgehead atoms. The fraction of sp³-hybridized carbons (Fsp3) is 0.833. The number of methoxy groups -OCH3 is 1. The van der Waals surface area contributed by atoms with Crippen molar-refractivity contribution in [2.24, 2.45) is 0 Å². The van der Waals surface area contributed by atoms with Crippen molar-refractivity contribution in [3.8, 4) is 0 Å². The van der Waals surface area contributed by atoms with Gasteiger partial charge in [-0.3, -0.25) is 10.1 Å². The summed E-state index contributed by atoms with van der Waals surface area (Å²) < 4.78 is 22.5. The van der Waals surface area contributed by atoms with Crippen molar-refractivity contribution in [2.45, 2.75) is 56.7 Å². The molecule has 3 aliphatic heterocycles. The third-order valence-corrected chi connectivity index (χ3v) is 3.88. The van der Waals surface area contributed by atoms with E-state index in [1.807, 2.05) is 0 Å². The molecule has 3 aliphatic rings. The van der Waals surface area contributed by atoms with E-state index in [4.69, 9.17) is 18.9 Å². The van der Waals surface area contributed by atoms with Crippen molar-refractivity contribution in [1.29, 1.82) is 0 Å². The summed E-state index contributed by atoms with van der Waals surface area (Å²) in [6.45, 7) is 5.16. The highest BCUT2D eigenvalue weighted by Crippen LogP contribution is 2.42. The standard InChI is InChI=1S/C12H18N2O6/c1-11(2)19-5-6(20-11)8(17-4)18-7(5)12(3)9(15)13-10(16)14-12/h5-8H,1-4H3,(H2,13,14,15,16)/t5-,6+,7+,8+,12-/m1/s1. The number of nitrogens with one attached hydrogen (secondary N) is 2. The molecule has 3 fully saturated rings. The molecule has 0 aromatic carbocycles. The minimum absolute atomic E-state index is 0.442. The zero-order valence-corrected chi connectivity index (χ0v) is 11.8. The molecule has 0 unspecified atom stereocenters. The van der Waals surface area contributed by atoms with Gasteiger partial charge in [0.1, 0.15) is 23.9 Å². The summed E-state index contributed by atoms with van der Waals surface area (Å²) in [5.41, 5.74) is -1.21. The highest BCUT2D eigenvalue weighted by Gasteiger charge is 2.64. The largest absolute Gasteiger partial charge is 0.353 e. The van der Waals surface area contributed by atoms with Crippen LogP contribution in [0.25, 0.3) is 0 Å². The van der Waals surface area contributed by atoms with Gasteiger partial charge in [-0.1, -0.05) is 0 Å². The first-order valence-corrected chi connectivity index (χ1v) is 6.44. The van der Waals surface area contributed by atoms with Crippen molar-refractivity contribution in [1.82, 2.24) is 10.6 Å². The smallest absolute Gasteiger partial charge is 0.322 e. The van der Waals surface area contributed by atoms with Gasteiger partial charge < -0.3 is 24.3 Å². The molecule has 2 N–H and O–H groups in total. The zero-order valence-electron chi connectivity index (χ0n) is 11.8. The van der Waals surface area contributed by atoms with E-state index >= 15 is 0 Å². The molecule has 0 saturated carbocycles. The quantitative estimate of drug-likeness (QED) is 0.663. The Morgan fingerprint density at radius 1 is 1.15 bits per heavy atom. The summed E-state index contributed by atoms with van der Waals surface area (Å²) in [6.07, 6.45) is -2.27. The second-order valence-corrected chi connectivity index (χ2v) is 5.84. The lowest BCUT2D eigenvalue weighted by Crippen LogP contribution is -2.58. The Morgan fingerprint density at radius 2 is 1.80 bits per heavy atom. The number of fused-ring (bicyclic) bond motifs is 1. The van der Waals surface area contributed by atoms with Crippen LogP contribution >= 0.6 is 0 Å². The normalized spacial score (nSPS) is 46.2. The summed E-state index contributed by atoms with van der Waals surface area (Å²) in [5, 5.41) is 4.80. The van der Waals surface area contributed by atoms with Gasteiger partial charge in [-0.25, -0.2) is 4.79 Å². The molecule has 0 radical (unpaired) electrons. The first-order chi connectivity index (χ1) is 9.27. The number of hydrogen-bond donors (Lipinski definition) is 2. The topological polar surface area (TPSA) is 95.1 Å². The molecule has 0 aromatic rings. The number of carbonyl (C=O) groups excluding carboxylic acids is 2. The Balaban J connectivity index is 1.91. The molecule has 8 nitrogen and oxygen atoms in total. The fourth-order valence-electron chi connectivity index (χ4n) is 2.97. The van der Waals surface area contributed by atoms with Gasteiger partial charge in [-0.15, -0.1) is 0 Å². The predicted molar refractivity (Wildman–Crippen MR) is 64.6 cm³/mol. The van der Waals surface area contributed by atoms with Crippen LogP contribution < -0.4 is 10.6 Å². The first-order valence-electron chi connectivity index (χ1n) is 6.44. The molecule has 0 aromatic heterocycles. The monoisotopic (exact) mass is 286 g/mol. The van der Waals surface area contributed by atoms with E-state index in [1.165, 1.54) is 7.11 Å². The van der Waals surface area contributed by atoms with E-state index in [-0.39, 0.29) is 0 Å². The molecule has 3 heterocycles. The minimum atomic E-state index is -1.21. The second kappa shape index (κ2) is 4.14. The molecule has 20 heavy (non-hydrogen) atoms. The molecule has 3 saturated heterocycles. The van der Waals surface area contributed by atoms with Crippen LogP contribution in [0, 0.1) is 0 Å². The van der Waals surface area contributed by atoms with Crippen LogP contribution in [0.1, 0.15) is 20.8 Å². The molecule has 5 atom stereocenters. The Bertz CT molecular complexity index is 467. The van der Waals surface area contributed by atoms with Crippen LogP contribution in [0.2, 0.25) is 0 Å². The molecule has 0 spiro atoms. The van der Waals surface area contributed by atoms with Crippen LogP contribution in [-0.4, -0.2) is 55.0 Å². The van der Waals surface area contributed by atoms with Crippen LogP contribution in [0.5, 0.6) is 0 Å². The lowest BCUT2D eigenvalue weighted by atomic mass is 9.90. The number of hydrogen-bond acceptors (Lipinski definition) is 6. The van der Waals surface area contributed by atoms with E-state index < -0.39 is 47.9 Å². The van der Waals surface area contributed by atoms with E-state index in [9.17, 15) is 9.59 Å². The SMILES string of the molecule is CO[C@H]1O[C@H]([C@@]2(C)NC(=O)NC2=O)[C@@H]2OC(C)(C)O[C@H]12. The Hall–Kier alpha value is -1.22. The minimum Gasteiger partial charge on any atom is -0.353 e. The number of rotatable bonds is 2. The number of imide groups is 1. The molecule has 8 heteroatoms. The van der Waals surface area contributed by atoms with Crippen molar-refractivity contribution >= 4 is 11.9 Å². The van der Waals surface area contributed by atoms with E-state index in [0.717, 1.165) is 0 Å². The predicted octanol–water partition coefficient (Wildman–Crippen LogP) is -0.524. The summed E-state index contributed by atoms with van der Waals surface area (Å²) >= 11 is 0. The maximum Gasteiger partial charge on any atom is 0.322 e. The van der Waals surface area contributed by atoms with Crippen LogP contribution in [0.15, 0.2) is 0 Å². The van der Waals surface area contributed by atoms with Crippen LogP contribution in [-0.2, 0) is 23.7 Å². The van der Waals surface area contributed by atoms with Crippen molar-refractivity contribution in [3.63, 3.8) is 0 Å². The number of amides is 3. The van der Waals surface area contributed by atoms with E-state index in [2.05, 4.69) is 10.6 Å². The van der Waals surface area contributed by atoms with Crippen molar-refractivity contribution in [2.75, 3.05) is 7.11 Å². The zero-order chi connectivity index (χ0) is 14.7. The Labute approximate surface area is 116 Å². The summed E-state index contributed by atoms with van der Waals surface area (Å²) in [7, 11) is 1.49. The van der Waals surface area contributed by atoms with E-state index in [1.54, 1.807) is 20.8 Å². The van der Waals surface area contributed by atoms with Gasteiger partial charge in [-0.05, 0) is 20.8 Å². The molecule has 3 rings (SSSR count). The van der Waals surface area contributed by atoms with Gasteiger partial charge in [0.2, 0.25) is 0 Å². The average Bonchev–Trinajstić information content (AvgIpc) is 2.89. The van der Waals surface area contributed by atoms with Gasteiger partial charge in [-0.2, -0.15) is 0 Å². The number of ether oxygens (including phenoxy) is 4. The second-order valence-electron chi connectivity index (χ2n) is 5.84. The van der Waals surface area contributed by atoms with Crippen molar-refractivity contribution in [3.05, 3.63) is 0 Å². The summed E-state index contributed by atoms with van der Waals surface area (Å²) in [6, 6.07) is -0.545. The lowest BCUT2D eigenvalue weighted by molar-refractivity contribution is -0.233. The molecule has 112 valence electrons. The fourth-order valence-corrected chi connectivity index (χ4v) is 2.97. The van der Waals surface area contributed by atoms with Gasteiger partial charge >= 0.3 is 6.03 Å². The Morgan fingerprint density at radius 3 is 2.35 bits per heavy atom. The average molecular weight is 286 g/mol. The third-order valence-electron chi connectivity index (χ3n) is 3.88. The highest BCUT2D eigenvalue weighted by atomic mass is 16.8. The maximum absolute atomic E-state index is 12.0. The van der Waals surface area contributed by atoms with Gasteiger partial charge in [0.05, 0.1) is 0 Å². The highest BCUT2D eigenvalue weighted by molar-refractivity contribution is 6.07. The molecular formula is C12H18N2O6. The maximum atomic E-state index is 12.0. The van der Waals surface area contributed by atoms with Gasteiger partial charge in [0.15, 0.2) is 12.1 Å². The van der Waals surface area contributed by atoms with Crippen LogP contribution in [0.4, 0.5) is 4.79 Å². The number of carbonyl (C=O) groups is 2. The lowest BCUT2D eigenvalue weighted by Gasteiger charge is -2.31. The van der Waals surface area contributed by atoms with Crippen molar-refractivity contribution < 1.29 is 28.5 Å². The third kappa shape index (κ3) is 1.83. The summed E-state index contributed by atoms with van der Waals surface area (Å²) in [4.78, 5) is 23.4. The first kappa shape index (κ1) is 13.7. The van der Waals surface area contributed by atoms with Gasteiger partial charge in [0.25, 0.3) is 5.91 Å². The Kier molecular flexibility index (Phi) is 2.85. The summed E-state index contributed by atoms with van der Waals surface area (Å²) in [5.74, 6) is -1.24. The van der Waals surface area contributed by atoms with E-state index in [0.29, 0.717) is 0 Å². The van der Waals surface area contributed by atoms with Crippen LogP contribution in [0.3, 0.4) is 0 Å².